The number of benzene rings is 1. The molecule has 21 heavy (non-hydrogen) atoms. The summed E-state index contributed by atoms with van der Waals surface area (Å²) in [6, 6.07) is 5.01. The Labute approximate surface area is 135 Å². The normalized spacial score (nSPS) is 23.8. The van der Waals surface area contributed by atoms with Gasteiger partial charge in [0.1, 0.15) is 18.5 Å². The average Bonchev–Trinajstić information content (AvgIpc) is 2.47. The molecular weight excluding hydrogens is 313 g/mol. The highest BCUT2D eigenvalue weighted by atomic mass is 35.5. The van der Waals surface area contributed by atoms with Crippen molar-refractivity contribution < 1.29 is 14.9 Å². The van der Waals surface area contributed by atoms with Gasteiger partial charge in [-0.05, 0) is 25.0 Å². The second-order valence-electron chi connectivity index (χ2n) is 5.41. The van der Waals surface area contributed by atoms with Crippen molar-refractivity contribution in [3.63, 3.8) is 0 Å². The van der Waals surface area contributed by atoms with E-state index in [4.69, 9.17) is 27.9 Å². The molecule has 1 aromatic carbocycles. The fourth-order valence-electron chi connectivity index (χ4n) is 2.47. The molecule has 1 aromatic rings. The van der Waals surface area contributed by atoms with E-state index < -0.39 is 6.10 Å². The van der Waals surface area contributed by atoms with E-state index in [-0.39, 0.29) is 18.8 Å². The van der Waals surface area contributed by atoms with E-state index in [9.17, 15) is 10.2 Å². The van der Waals surface area contributed by atoms with Crippen molar-refractivity contribution in [3.05, 3.63) is 28.2 Å². The average molecular weight is 334 g/mol. The summed E-state index contributed by atoms with van der Waals surface area (Å²) in [6.45, 7) is 0.496. The van der Waals surface area contributed by atoms with Gasteiger partial charge in [-0.1, -0.05) is 36.0 Å². The highest BCUT2D eigenvalue weighted by molar-refractivity contribution is 6.34. The van der Waals surface area contributed by atoms with Crippen LogP contribution in [0.4, 0.5) is 0 Å². The van der Waals surface area contributed by atoms with Gasteiger partial charge in [0.25, 0.3) is 0 Å². The van der Waals surface area contributed by atoms with E-state index in [0.717, 1.165) is 25.7 Å². The Bertz CT molecular complexity index is 459. The third-order valence-electron chi connectivity index (χ3n) is 3.67. The van der Waals surface area contributed by atoms with Crippen molar-refractivity contribution >= 4 is 23.2 Å². The van der Waals surface area contributed by atoms with Gasteiger partial charge >= 0.3 is 0 Å². The number of aliphatic hydroxyl groups is 2. The second kappa shape index (κ2) is 8.20. The Balaban J connectivity index is 1.74. The van der Waals surface area contributed by atoms with Gasteiger partial charge in [-0.2, -0.15) is 0 Å². The summed E-state index contributed by atoms with van der Waals surface area (Å²) in [5.41, 5.74) is 0. The smallest absolute Gasteiger partial charge is 0.139 e. The molecule has 1 aliphatic carbocycles. The number of nitrogens with one attached hydrogen (secondary N) is 1. The molecule has 3 N–H and O–H groups in total. The number of rotatable bonds is 6. The number of hydrogen-bond acceptors (Lipinski definition) is 4. The molecule has 0 bridgehead atoms. The summed E-state index contributed by atoms with van der Waals surface area (Å²) in [6.07, 6.45) is 2.94. The molecule has 1 aliphatic rings. The summed E-state index contributed by atoms with van der Waals surface area (Å²) in [7, 11) is 0. The third kappa shape index (κ3) is 5.31. The maximum Gasteiger partial charge on any atom is 0.139 e. The quantitative estimate of drug-likeness (QED) is 0.748. The van der Waals surface area contributed by atoms with Crippen molar-refractivity contribution in [3.8, 4) is 5.75 Å². The molecule has 0 saturated heterocycles. The standard InChI is InChI=1S/C15H21Cl2NO3/c16-10-5-6-12(17)15(7-10)21-9-11(19)8-18-13-3-1-2-4-14(13)20/h5-7,11,13-14,18-20H,1-4,8-9H2. The zero-order valence-electron chi connectivity index (χ0n) is 11.8. The largest absolute Gasteiger partial charge is 0.489 e. The lowest BCUT2D eigenvalue weighted by atomic mass is 9.92. The van der Waals surface area contributed by atoms with Crippen LogP contribution in [0.5, 0.6) is 5.75 Å². The van der Waals surface area contributed by atoms with Gasteiger partial charge in [0, 0.05) is 23.7 Å². The molecule has 0 amide bonds. The number of ether oxygens (including phenoxy) is 1. The van der Waals surface area contributed by atoms with Crippen LogP contribution in [0.25, 0.3) is 0 Å². The Kier molecular flexibility index (Phi) is 6.58. The molecule has 0 aromatic heterocycles. The van der Waals surface area contributed by atoms with Crippen molar-refractivity contribution in [2.75, 3.05) is 13.2 Å². The lowest BCUT2D eigenvalue weighted by Crippen LogP contribution is -2.45. The molecule has 0 aliphatic heterocycles. The van der Waals surface area contributed by atoms with Crippen LogP contribution >= 0.6 is 23.2 Å². The Morgan fingerprint density at radius 2 is 2.05 bits per heavy atom. The van der Waals surface area contributed by atoms with E-state index in [0.29, 0.717) is 22.3 Å². The molecule has 118 valence electrons. The molecule has 3 unspecified atom stereocenters. The number of aliphatic hydroxyl groups excluding tert-OH is 2. The minimum atomic E-state index is -0.672. The first-order valence-electron chi connectivity index (χ1n) is 7.23. The minimum absolute atomic E-state index is 0.0585. The second-order valence-corrected chi connectivity index (χ2v) is 6.25. The van der Waals surface area contributed by atoms with Crippen LogP contribution in [0.2, 0.25) is 10.0 Å². The highest BCUT2D eigenvalue weighted by Crippen LogP contribution is 2.27. The maximum atomic E-state index is 9.94. The van der Waals surface area contributed by atoms with Gasteiger partial charge in [0.2, 0.25) is 0 Å². The van der Waals surface area contributed by atoms with Crippen LogP contribution in [0.15, 0.2) is 18.2 Å². The maximum absolute atomic E-state index is 9.94. The van der Waals surface area contributed by atoms with Crippen LogP contribution in [0.1, 0.15) is 25.7 Å². The Morgan fingerprint density at radius 1 is 1.29 bits per heavy atom. The lowest BCUT2D eigenvalue weighted by Gasteiger charge is -2.29. The molecule has 2 rings (SSSR count). The predicted molar refractivity (Wildman–Crippen MR) is 84.2 cm³/mol. The van der Waals surface area contributed by atoms with Gasteiger partial charge < -0.3 is 20.3 Å². The van der Waals surface area contributed by atoms with Gasteiger partial charge in [0.15, 0.2) is 0 Å². The van der Waals surface area contributed by atoms with Crippen LogP contribution in [-0.4, -0.2) is 41.6 Å². The van der Waals surface area contributed by atoms with Crippen molar-refractivity contribution in [2.24, 2.45) is 0 Å². The molecule has 0 spiro atoms. The first kappa shape index (κ1) is 16.8. The van der Waals surface area contributed by atoms with E-state index >= 15 is 0 Å². The summed E-state index contributed by atoms with van der Waals surface area (Å²) in [4.78, 5) is 0. The van der Waals surface area contributed by atoms with Gasteiger partial charge in [0.05, 0.1) is 11.1 Å². The minimum Gasteiger partial charge on any atom is -0.489 e. The zero-order valence-corrected chi connectivity index (χ0v) is 13.3. The summed E-state index contributed by atoms with van der Waals surface area (Å²) < 4.78 is 5.48. The summed E-state index contributed by atoms with van der Waals surface area (Å²) in [5, 5.41) is 24.0. The van der Waals surface area contributed by atoms with E-state index in [1.165, 1.54) is 0 Å². The van der Waals surface area contributed by atoms with Crippen LogP contribution in [0, 0.1) is 0 Å². The predicted octanol–water partition coefficient (Wildman–Crippen LogP) is 2.63. The Morgan fingerprint density at radius 3 is 2.81 bits per heavy atom. The van der Waals surface area contributed by atoms with Crippen molar-refractivity contribution in [1.29, 1.82) is 0 Å². The fraction of sp³-hybridized carbons (Fsp3) is 0.600. The molecule has 3 atom stereocenters. The number of hydrogen-bond donors (Lipinski definition) is 3. The van der Waals surface area contributed by atoms with Gasteiger partial charge in [-0.25, -0.2) is 0 Å². The Hall–Kier alpha value is -0.520. The first-order valence-corrected chi connectivity index (χ1v) is 7.99. The van der Waals surface area contributed by atoms with Crippen molar-refractivity contribution in [1.82, 2.24) is 5.32 Å². The van der Waals surface area contributed by atoms with Crippen LogP contribution in [-0.2, 0) is 0 Å². The lowest BCUT2D eigenvalue weighted by molar-refractivity contribution is 0.0673. The van der Waals surface area contributed by atoms with Gasteiger partial charge in [-0.3, -0.25) is 0 Å². The van der Waals surface area contributed by atoms with E-state index in [2.05, 4.69) is 5.32 Å². The molecule has 6 heteroatoms. The third-order valence-corrected chi connectivity index (χ3v) is 4.22. The zero-order chi connectivity index (χ0) is 15.2. The first-order chi connectivity index (χ1) is 10.1. The van der Waals surface area contributed by atoms with Crippen LogP contribution < -0.4 is 10.1 Å². The van der Waals surface area contributed by atoms with Gasteiger partial charge in [-0.15, -0.1) is 0 Å². The SMILES string of the molecule is OC(CNC1CCCCC1O)COc1cc(Cl)ccc1Cl. The van der Waals surface area contributed by atoms with Crippen LogP contribution in [0.3, 0.4) is 0 Å². The summed E-state index contributed by atoms with van der Waals surface area (Å²) in [5.74, 6) is 0.459. The topological polar surface area (TPSA) is 61.7 Å². The monoisotopic (exact) mass is 333 g/mol. The molecule has 0 radical (unpaired) electrons. The number of halogens is 2. The molecular formula is C15H21Cl2NO3. The molecule has 1 fully saturated rings. The van der Waals surface area contributed by atoms with E-state index in [1.54, 1.807) is 18.2 Å². The molecule has 1 saturated carbocycles. The van der Waals surface area contributed by atoms with E-state index in [1.807, 2.05) is 0 Å². The van der Waals surface area contributed by atoms with Crippen molar-refractivity contribution in [2.45, 2.75) is 43.9 Å². The molecule has 0 heterocycles. The summed E-state index contributed by atoms with van der Waals surface area (Å²) >= 11 is 11.9. The highest BCUT2D eigenvalue weighted by Gasteiger charge is 2.23. The fourth-order valence-corrected chi connectivity index (χ4v) is 2.80. The molecule has 4 nitrogen and oxygen atoms in total.